The maximum Gasteiger partial charge on any atom is 0.337 e. The van der Waals surface area contributed by atoms with Crippen LogP contribution in [0.15, 0.2) is 18.2 Å². The Morgan fingerprint density at radius 2 is 2.10 bits per heavy atom. The molecular formula is C17H22N2O2. The fourth-order valence-electron chi connectivity index (χ4n) is 3.54. The lowest BCUT2D eigenvalue weighted by Crippen LogP contribution is -2.12. The number of fused-ring (bicyclic) bond motifs is 1. The van der Waals surface area contributed by atoms with Crippen molar-refractivity contribution >= 4 is 17.0 Å². The molecule has 3 rings (SSSR count). The highest BCUT2D eigenvalue weighted by molar-refractivity contribution is 6.01. The molecule has 1 aliphatic rings. The van der Waals surface area contributed by atoms with Gasteiger partial charge in [-0.2, -0.15) is 0 Å². The van der Waals surface area contributed by atoms with Gasteiger partial charge >= 0.3 is 5.97 Å². The summed E-state index contributed by atoms with van der Waals surface area (Å²) in [6.45, 7) is 2.84. The molecule has 21 heavy (non-hydrogen) atoms. The highest BCUT2D eigenvalue weighted by atomic mass is 16.4. The molecule has 0 saturated heterocycles. The third-order valence-electron chi connectivity index (χ3n) is 4.67. The van der Waals surface area contributed by atoms with Crippen LogP contribution in [0.2, 0.25) is 0 Å². The number of carboxylic acids is 1. The van der Waals surface area contributed by atoms with Gasteiger partial charge in [-0.15, -0.1) is 0 Å². The first kappa shape index (κ1) is 14.1. The molecule has 1 aromatic heterocycles. The highest BCUT2D eigenvalue weighted by Gasteiger charge is 2.18. The van der Waals surface area contributed by atoms with E-state index in [0.29, 0.717) is 5.56 Å². The van der Waals surface area contributed by atoms with E-state index < -0.39 is 5.97 Å². The van der Waals surface area contributed by atoms with Crippen LogP contribution < -0.4 is 0 Å². The van der Waals surface area contributed by atoms with Gasteiger partial charge in [0.1, 0.15) is 5.82 Å². The first-order valence-corrected chi connectivity index (χ1v) is 7.86. The lowest BCUT2D eigenvalue weighted by Gasteiger charge is -2.22. The van der Waals surface area contributed by atoms with Crippen LogP contribution in [0.25, 0.3) is 11.0 Å². The summed E-state index contributed by atoms with van der Waals surface area (Å²) in [7, 11) is 0. The number of rotatable bonds is 4. The zero-order valence-corrected chi connectivity index (χ0v) is 12.5. The SMILES string of the molecule is Cc1nc2cccc(C(=O)O)c2n1CCC1CCCCC1. The maximum absolute atomic E-state index is 11.4. The van der Waals surface area contributed by atoms with Crippen LogP contribution in [0.5, 0.6) is 0 Å². The summed E-state index contributed by atoms with van der Waals surface area (Å²) in [4.78, 5) is 16.0. The van der Waals surface area contributed by atoms with Crippen molar-refractivity contribution in [1.29, 1.82) is 0 Å². The summed E-state index contributed by atoms with van der Waals surface area (Å²) < 4.78 is 2.09. The molecule has 1 heterocycles. The second-order valence-electron chi connectivity index (χ2n) is 6.08. The molecule has 1 fully saturated rings. The molecule has 0 aliphatic heterocycles. The number of carbonyl (C=O) groups is 1. The number of aromatic nitrogens is 2. The third kappa shape index (κ3) is 2.80. The normalized spacial score (nSPS) is 16.4. The van der Waals surface area contributed by atoms with Crippen molar-refractivity contribution in [3.63, 3.8) is 0 Å². The minimum Gasteiger partial charge on any atom is -0.478 e. The zero-order valence-electron chi connectivity index (χ0n) is 12.5. The van der Waals surface area contributed by atoms with Crippen molar-refractivity contribution in [2.75, 3.05) is 0 Å². The predicted octanol–water partition coefficient (Wildman–Crippen LogP) is 4.01. The number of aromatic carboxylic acids is 1. The van der Waals surface area contributed by atoms with Crippen LogP contribution in [0.4, 0.5) is 0 Å². The van der Waals surface area contributed by atoms with Crippen molar-refractivity contribution in [1.82, 2.24) is 9.55 Å². The molecule has 112 valence electrons. The Kier molecular flexibility index (Phi) is 3.95. The van der Waals surface area contributed by atoms with Crippen LogP contribution in [0.1, 0.15) is 54.7 Å². The predicted molar refractivity (Wildman–Crippen MR) is 82.6 cm³/mol. The van der Waals surface area contributed by atoms with Gasteiger partial charge in [-0.3, -0.25) is 0 Å². The summed E-state index contributed by atoms with van der Waals surface area (Å²) in [5, 5.41) is 9.39. The van der Waals surface area contributed by atoms with Crippen molar-refractivity contribution < 1.29 is 9.90 Å². The average molecular weight is 286 g/mol. The van der Waals surface area contributed by atoms with E-state index in [1.807, 2.05) is 13.0 Å². The van der Waals surface area contributed by atoms with Gasteiger partial charge in [-0.1, -0.05) is 38.2 Å². The second kappa shape index (κ2) is 5.88. The van der Waals surface area contributed by atoms with Crippen molar-refractivity contribution in [2.45, 2.75) is 52.0 Å². The molecule has 0 unspecified atom stereocenters. The van der Waals surface area contributed by atoms with E-state index in [0.717, 1.165) is 35.7 Å². The summed E-state index contributed by atoms with van der Waals surface area (Å²) >= 11 is 0. The Balaban J connectivity index is 1.89. The fraction of sp³-hybridized carbons (Fsp3) is 0.529. The van der Waals surface area contributed by atoms with E-state index in [-0.39, 0.29) is 0 Å². The van der Waals surface area contributed by atoms with Gasteiger partial charge in [0.25, 0.3) is 0 Å². The quantitative estimate of drug-likeness (QED) is 0.923. The van der Waals surface area contributed by atoms with Gasteiger partial charge in [-0.05, 0) is 31.4 Å². The molecule has 4 heteroatoms. The third-order valence-corrected chi connectivity index (χ3v) is 4.67. The van der Waals surface area contributed by atoms with Gasteiger partial charge in [0, 0.05) is 6.54 Å². The second-order valence-corrected chi connectivity index (χ2v) is 6.08. The van der Waals surface area contributed by atoms with E-state index in [2.05, 4.69) is 9.55 Å². The summed E-state index contributed by atoms with van der Waals surface area (Å²) in [5.41, 5.74) is 1.92. The molecule has 1 aliphatic carbocycles. The van der Waals surface area contributed by atoms with Crippen LogP contribution >= 0.6 is 0 Å². The standard InChI is InChI=1S/C17H22N2O2/c1-12-18-15-9-5-8-14(17(20)21)16(15)19(12)11-10-13-6-3-2-4-7-13/h5,8-9,13H,2-4,6-7,10-11H2,1H3,(H,20,21). The Hall–Kier alpha value is -1.84. The van der Waals surface area contributed by atoms with E-state index >= 15 is 0 Å². The lowest BCUT2D eigenvalue weighted by molar-refractivity contribution is 0.0698. The molecule has 0 amide bonds. The van der Waals surface area contributed by atoms with E-state index in [4.69, 9.17) is 0 Å². The summed E-state index contributed by atoms with van der Waals surface area (Å²) in [5.74, 6) is 0.821. The molecule has 1 aromatic carbocycles. The number of hydrogen-bond acceptors (Lipinski definition) is 2. The number of benzene rings is 1. The Morgan fingerprint density at radius 1 is 1.33 bits per heavy atom. The minimum absolute atomic E-state index is 0.358. The molecule has 2 aromatic rings. The molecule has 0 radical (unpaired) electrons. The zero-order chi connectivity index (χ0) is 14.8. The first-order valence-electron chi connectivity index (χ1n) is 7.86. The van der Waals surface area contributed by atoms with Gasteiger partial charge in [0.2, 0.25) is 0 Å². The molecule has 0 atom stereocenters. The molecule has 1 saturated carbocycles. The molecule has 0 bridgehead atoms. The number of aryl methyl sites for hydroxylation is 2. The van der Waals surface area contributed by atoms with Gasteiger partial charge in [-0.25, -0.2) is 9.78 Å². The van der Waals surface area contributed by atoms with E-state index in [9.17, 15) is 9.90 Å². The number of hydrogen-bond donors (Lipinski definition) is 1. The number of carboxylic acid groups (broad SMARTS) is 1. The Morgan fingerprint density at radius 3 is 2.81 bits per heavy atom. The molecule has 4 nitrogen and oxygen atoms in total. The number of nitrogens with zero attached hydrogens (tertiary/aromatic N) is 2. The largest absolute Gasteiger partial charge is 0.478 e. The lowest BCUT2D eigenvalue weighted by atomic mass is 9.87. The van der Waals surface area contributed by atoms with Crippen LogP contribution in [0, 0.1) is 12.8 Å². The molecular weight excluding hydrogens is 264 g/mol. The molecule has 1 N–H and O–H groups in total. The highest BCUT2D eigenvalue weighted by Crippen LogP contribution is 2.28. The van der Waals surface area contributed by atoms with Crippen LogP contribution in [-0.4, -0.2) is 20.6 Å². The van der Waals surface area contributed by atoms with E-state index in [1.165, 1.54) is 32.1 Å². The van der Waals surface area contributed by atoms with Crippen LogP contribution in [0.3, 0.4) is 0 Å². The number of para-hydroxylation sites is 1. The fourth-order valence-corrected chi connectivity index (χ4v) is 3.54. The van der Waals surface area contributed by atoms with Crippen molar-refractivity contribution in [3.8, 4) is 0 Å². The topological polar surface area (TPSA) is 55.1 Å². The Labute approximate surface area is 124 Å². The Bertz CT molecular complexity index is 654. The number of imidazole rings is 1. The monoisotopic (exact) mass is 286 g/mol. The van der Waals surface area contributed by atoms with Gasteiger partial charge < -0.3 is 9.67 Å². The minimum atomic E-state index is -0.876. The molecule has 0 spiro atoms. The van der Waals surface area contributed by atoms with Crippen molar-refractivity contribution in [2.24, 2.45) is 5.92 Å². The maximum atomic E-state index is 11.4. The van der Waals surface area contributed by atoms with Gasteiger partial charge in [0.05, 0.1) is 16.6 Å². The smallest absolute Gasteiger partial charge is 0.337 e. The average Bonchev–Trinajstić information content (AvgIpc) is 2.81. The van der Waals surface area contributed by atoms with Crippen LogP contribution in [-0.2, 0) is 6.54 Å². The van der Waals surface area contributed by atoms with Crippen molar-refractivity contribution in [3.05, 3.63) is 29.6 Å². The summed E-state index contributed by atoms with van der Waals surface area (Å²) in [6.07, 6.45) is 7.81. The summed E-state index contributed by atoms with van der Waals surface area (Å²) in [6, 6.07) is 5.33. The van der Waals surface area contributed by atoms with Gasteiger partial charge in [0.15, 0.2) is 0 Å². The van der Waals surface area contributed by atoms with E-state index in [1.54, 1.807) is 12.1 Å². The first-order chi connectivity index (χ1) is 10.2.